The first kappa shape index (κ1) is 21.8. The molecule has 3 fully saturated rings. The molecule has 1 heterocycles. The number of hydrogen-bond donors (Lipinski definition) is 1. The molecular formula is C21H24O9S. The number of fused-ring (bicyclic) bond motifs is 1. The van der Waals surface area contributed by atoms with Crippen LogP contribution in [0.3, 0.4) is 0 Å². The Balaban J connectivity index is 1.53. The van der Waals surface area contributed by atoms with Crippen molar-refractivity contribution in [1.29, 1.82) is 0 Å². The molecule has 0 radical (unpaired) electrons. The molecule has 6 unspecified atom stereocenters. The van der Waals surface area contributed by atoms with Crippen LogP contribution in [0.25, 0.3) is 0 Å². The van der Waals surface area contributed by atoms with Gasteiger partial charge in [-0.15, -0.1) is 0 Å². The lowest BCUT2D eigenvalue weighted by atomic mass is 9.78. The van der Waals surface area contributed by atoms with Gasteiger partial charge < -0.3 is 14.2 Å². The van der Waals surface area contributed by atoms with Crippen molar-refractivity contribution >= 4 is 28.0 Å². The van der Waals surface area contributed by atoms with E-state index in [2.05, 4.69) is 0 Å². The third-order valence-corrected chi connectivity index (χ3v) is 7.71. The van der Waals surface area contributed by atoms with Crippen LogP contribution in [0.1, 0.15) is 33.6 Å². The molecule has 2 bridgehead atoms. The second-order valence-electron chi connectivity index (χ2n) is 8.99. The highest BCUT2D eigenvalue weighted by atomic mass is 32.2. The van der Waals surface area contributed by atoms with Crippen LogP contribution in [-0.4, -0.2) is 43.1 Å². The molecule has 2 saturated carbocycles. The largest absolute Gasteiger partial charge is 0.458 e. The van der Waals surface area contributed by atoms with Crippen molar-refractivity contribution in [2.75, 3.05) is 0 Å². The maximum Gasteiger partial charge on any atom is 0.315 e. The van der Waals surface area contributed by atoms with Crippen LogP contribution < -0.4 is 4.74 Å². The average molecular weight is 452 g/mol. The summed E-state index contributed by atoms with van der Waals surface area (Å²) in [5.41, 5.74) is -0.700. The molecule has 1 aliphatic heterocycles. The van der Waals surface area contributed by atoms with Gasteiger partial charge in [-0.05, 0) is 51.0 Å². The fraction of sp³-hybridized carbons (Fsp3) is 0.571. The monoisotopic (exact) mass is 452 g/mol. The average Bonchev–Trinajstić information content (AvgIpc) is 3.31. The van der Waals surface area contributed by atoms with Gasteiger partial charge >= 0.3 is 17.9 Å². The van der Waals surface area contributed by atoms with Crippen LogP contribution in [0.5, 0.6) is 5.75 Å². The Morgan fingerprint density at radius 3 is 2.42 bits per heavy atom. The molecule has 0 amide bonds. The van der Waals surface area contributed by atoms with Crippen LogP contribution in [0.2, 0.25) is 0 Å². The fourth-order valence-corrected chi connectivity index (χ4v) is 5.24. The predicted molar refractivity (Wildman–Crippen MR) is 104 cm³/mol. The summed E-state index contributed by atoms with van der Waals surface area (Å²) in [7, 11) is -4.37. The van der Waals surface area contributed by atoms with Gasteiger partial charge in [0.15, 0.2) is 0 Å². The maximum absolute atomic E-state index is 13.0. The predicted octanol–water partition coefficient (Wildman–Crippen LogP) is 1.99. The van der Waals surface area contributed by atoms with Crippen molar-refractivity contribution in [2.24, 2.45) is 29.1 Å². The minimum Gasteiger partial charge on any atom is -0.458 e. The molecule has 0 aromatic heterocycles. The Kier molecular flexibility index (Phi) is 5.13. The highest BCUT2D eigenvalue weighted by Gasteiger charge is 2.70. The van der Waals surface area contributed by atoms with Gasteiger partial charge in [0.2, 0.25) is 0 Å². The summed E-state index contributed by atoms with van der Waals surface area (Å²) >= 11 is 0. The number of esters is 3. The van der Waals surface area contributed by atoms with Gasteiger partial charge in [0.25, 0.3) is 10.1 Å². The van der Waals surface area contributed by atoms with E-state index >= 15 is 0 Å². The van der Waals surface area contributed by atoms with Crippen molar-refractivity contribution in [3.8, 4) is 5.75 Å². The molecule has 2 aliphatic carbocycles. The summed E-state index contributed by atoms with van der Waals surface area (Å²) in [5.74, 6) is -3.55. The first-order valence-corrected chi connectivity index (χ1v) is 11.6. The Labute approximate surface area is 179 Å². The van der Waals surface area contributed by atoms with Crippen molar-refractivity contribution in [2.45, 2.75) is 50.7 Å². The zero-order valence-corrected chi connectivity index (χ0v) is 18.1. The van der Waals surface area contributed by atoms with Crippen molar-refractivity contribution in [3.05, 3.63) is 24.3 Å². The Hall–Kier alpha value is -2.46. The van der Waals surface area contributed by atoms with Gasteiger partial charge in [-0.25, -0.2) is 0 Å². The van der Waals surface area contributed by atoms with E-state index in [1.165, 1.54) is 12.1 Å². The van der Waals surface area contributed by atoms with Gasteiger partial charge in [0.1, 0.15) is 18.0 Å². The standard InChI is InChI=1S/C21H24O9S/c1-4-21(2,3)20(24)30-17-13-9-12-15(19(23)29-16(12)17)14(13)18(22)28-10-5-7-11(8-6-10)31(25,26)27/h5-8,12-17H,4,9H2,1-3H3,(H,25,26,27). The normalized spacial score (nSPS) is 31.4. The maximum atomic E-state index is 13.0. The molecule has 1 saturated heterocycles. The topological polar surface area (TPSA) is 133 Å². The highest BCUT2D eigenvalue weighted by molar-refractivity contribution is 7.85. The number of ether oxygens (including phenoxy) is 3. The van der Waals surface area contributed by atoms with E-state index in [-0.39, 0.29) is 16.6 Å². The Morgan fingerprint density at radius 1 is 1.19 bits per heavy atom. The number of hydrogen-bond acceptors (Lipinski definition) is 8. The summed E-state index contributed by atoms with van der Waals surface area (Å²) < 4.78 is 48.0. The van der Waals surface area contributed by atoms with Crippen LogP contribution >= 0.6 is 0 Å². The molecule has 4 rings (SSSR count). The number of rotatable bonds is 6. The fourth-order valence-electron chi connectivity index (χ4n) is 4.76. The van der Waals surface area contributed by atoms with E-state index in [1.807, 2.05) is 6.92 Å². The summed E-state index contributed by atoms with van der Waals surface area (Å²) in [6.45, 7) is 5.42. The van der Waals surface area contributed by atoms with Crippen LogP contribution in [0.15, 0.2) is 29.2 Å². The van der Waals surface area contributed by atoms with Gasteiger partial charge in [-0.1, -0.05) is 6.92 Å². The minimum absolute atomic E-state index is 0.0729. The first-order chi connectivity index (χ1) is 14.4. The van der Waals surface area contributed by atoms with E-state index < -0.39 is 63.4 Å². The molecule has 3 aliphatic rings. The summed E-state index contributed by atoms with van der Waals surface area (Å²) in [6, 6.07) is 4.70. The molecule has 168 valence electrons. The molecule has 10 heteroatoms. The Bertz CT molecular complexity index is 1030. The quantitative estimate of drug-likeness (QED) is 0.391. The lowest BCUT2D eigenvalue weighted by Gasteiger charge is -2.32. The zero-order valence-electron chi connectivity index (χ0n) is 17.3. The van der Waals surface area contributed by atoms with E-state index in [0.717, 1.165) is 12.1 Å². The summed E-state index contributed by atoms with van der Waals surface area (Å²) in [5, 5.41) is 0. The number of benzene rings is 1. The van der Waals surface area contributed by atoms with Gasteiger partial charge in [0, 0.05) is 11.8 Å². The van der Waals surface area contributed by atoms with Crippen molar-refractivity contribution in [1.82, 2.24) is 0 Å². The third-order valence-electron chi connectivity index (χ3n) is 6.84. The number of carbonyl (C=O) groups is 3. The summed E-state index contributed by atoms with van der Waals surface area (Å²) in [4.78, 5) is 37.7. The van der Waals surface area contributed by atoms with E-state index in [9.17, 15) is 22.8 Å². The molecule has 1 aromatic carbocycles. The van der Waals surface area contributed by atoms with Crippen LogP contribution in [-0.2, 0) is 34.0 Å². The van der Waals surface area contributed by atoms with E-state index in [1.54, 1.807) is 13.8 Å². The van der Waals surface area contributed by atoms with E-state index in [0.29, 0.717) is 12.8 Å². The molecular weight excluding hydrogens is 428 g/mol. The van der Waals surface area contributed by atoms with Gasteiger partial charge in [-0.2, -0.15) is 8.42 Å². The second-order valence-corrected chi connectivity index (χ2v) is 10.4. The first-order valence-electron chi connectivity index (χ1n) is 10.1. The van der Waals surface area contributed by atoms with Crippen molar-refractivity contribution in [3.63, 3.8) is 0 Å². The third kappa shape index (κ3) is 3.61. The Morgan fingerprint density at radius 2 is 1.84 bits per heavy atom. The van der Waals surface area contributed by atoms with Crippen LogP contribution in [0, 0.1) is 29.1 Å². The molecule has 31 heavy (non-hydrogen) atoms. The molecule has 0 spiro atoms. The minimum atomic E-state index is -4.37. The SMILES string of the molecule is CCC(C)(C)C(=O)OC1C2CC3C1OC(=O)C3C2C(=O)Oc1ccc(S(=O)(=O)O)cc1. The molecule has 1 N–H and O–H groups in total. The van der Waals surface area contributed by atoms with Crippen LogP contribution in [0.4, 0.5) is 0 Å². The van der Waals surface area contributed by atoms with E-state index in [4.69, 9.17) is 18.8 Å². The van der Waals surface area contributed by atoms with Gasteiger partial charge in [-0.3, -0.25) is 18.9 Å². The number of carbonyl (C=O) groups excluding carboxylic acids is 3. The lowest BCUT2D eigenvalue weighted by molar-refractivity contribution is -0.172. The second kappa shape index (κ2) is 7.30. The lowest BCUT2D eigenvalue weighted by Crippen LogP contribution is -2.45. The zero-order chi connectivity index (χ0) is 22.7. The van der Waals surface area contributed by atoms with Crippen molar-refractivity contribution < 1.29 is 41.6 Å². The smallest absolute Gasteiger partial charge is 0.315 e. The molecule has 1 aromatic rings. The van der Waals surface area contributed by atoms with Gasteiger partial charge in [0.05, 0.1) is 22.1 Å². The molecule has 9 nitrogen and oxygen atoms in total. The molecule has 6 atom stereocenters. The summed E-state index contributed by atoms with van der Waals surface area (Å²) in [6.07, 6.45) is -0.152. The highest BCUT2D eigenvalue weighted by Crippen LogP contribution is 2.59.